The second-order valence-corrected chi connectivity index (χ2v) is 4.75. The Bertz CT molecular complexity index is 378. The molecule has 0 unspecified atom stereocenters. The Balaban J connectivity index is 2.08. The third-order valence-corrected chi connectivity index (χ3v) is 3.26. The molecule has 0 aromatic heterocycles. The molecule has 0 saturated carbocycles. The van der Waals surface area contributed by atoms with E-state index in [1.54, 1.807) is 0 Å². The number of likely N-dealkylation sites (tertiary alicyclic amines) is 1. The van der Waals surface area contributed by atoms with E-state index in [2.05, 4.69) is 13.0 Å². The Morgan fingerprint density at radius 3 is 2.75 bits per heavy atom. The second-order valence-electron chi connectivity index (χ2n) is 4.75. The first-order valence-corrected chi connectivity index (χ1v) is 5.94. The van der Waals surface area contributed by atoms with Crippen molar-refractivity contribution < 1.29 is 4.79 Å². The van der Waals surface area contributed by atoms with Gasteiger partial charge in [0.2, 0.25) is 0 Å². The van der Waals surface area contributed by atoms with E-state index < -0.39 is 0 Å². The Morgan fingerprint density at radius 2 is 2.12 bits per heavy atom. The Morgan fingerprint density at radius 1 is 1.44 bits per heavy atom. The fourth-order valence-corrected chi connectivity index (χ4v) is 2.09. The van der Waals surface area contributed by atoms with Crippen molar-refractivity contribution in [2.24, 2.45) is 5.92 Å². The van der Waals surface area contributed by atoms with E-state index in [-0.39, 0.29) is 5.91 Å². The number of nitrogens with zero attached hydrogens (tertiary/aromatic N) is 1. The predicted octanol–water partition coefficient (Wildman–Crippen LogP) is 2.67. The minimum atomic E-state index is 0.135. The fourth-order valence-electron chi connectivity index (χ4n) is 2.09. The van der Waals surface area contributed by atoms with Gasteiger partial charge in [-0.1, -0.05) is 24.6 Å². The third-order valence-electron chi connectivity index (χ3n) is 3.26. The Hall–Kier alpha value is -1.31. The number of hydrogen-bond acceptors (Lipinski definition) is 1. The van der Waals surface area contributed by atoms with Gasteiger partial charge in [0.15, 0.2) is 0 Å². The quantitative estimate of drug-likeness (QED) is 0.706. The van der Waals surface area contributed by atoms with Gasteiger partial charge < -0.3 is 4.90 Å². The summed E-state index contributed by atoms with van der Waals surface area (Å²) in [6.07, 6.45) is 2.25. The lowest BCUT2D eigenvalue weighted by molar-refractivity contribution is 0.0697. The molecule has 1 heterocycles. The van der Waals surface area contributed by atoms with Crippen molar-refractivity contribution >= 4 is 5.91 Å². The minimum absolute atomic E-state index is 0.135. The average Bonchev–Trinajstić information content (AvgIpc) is 2.29. The standard InChI is InChI=1S/C14H18NO/c1-11-6-8-15(9-7-11)14(16)13-5-3-4-12(2)10-13/h3-4,10-11H,6-9H2,1-2H3. The topological polar surface area (TPSA) is 20.3 Å². The molecule has 0 spiro atoms. The van der Waals surface area contributed by atoms with Crippen LogP contribution in [0.3, 0.4) is 0 Å². The van der Waals surface area contributed by atoms with Crippen LogP contribution in [0.4, 0.5) is 0 Å². The number of amides is 1. The highest BCUT2D eigenvalue weighted by atomic mass is 16.2. The molecule has 1 aromatic carbocycles. The van der Waals surface area contributed by atoms with Crippen LogP contribution in [0.15, 0.2) is 18.2 Å². The van der Waals surface area contributed by atoms with E-state index in [9.17, 15) is 4.79 Å². The number of piperidine rings is 1. The van der Waals surface area contributed by atoms with Gasteiger partial charge in [-0.25, -0.2) is 0 Å². The number of carbonyl (C=O) groups excluding carboxylic acids is 1. The summed E-state index contributed by atoms with van der Waals surface area (Å²) >= 11 is 0. The summed E-state index contributed by atoms with van der Waals surface area (Å²) < 4.78 is 0. The van der Waals surface area contributed by atoms with Crippen LogP contribution < -0.4 is 0 Å². The van der Waals surface area contributed by atoms with Crippen molar-refractivity contribution in [3.05, 3.63) is 35.4 Å². The first-order valence-electron chi connectivity index (χ1n) is 5.94. The molecule has 0 atom stereocenters. The lowest BCUT2D eigenvalue weighted by Crippen LogP contribution is -2.37. The maximum atomic E-state index is 12.2. The van der Waals surface area contributed by atoms with Gasteiger partial charge in [0.25, 0.3) is 5.91 Å². The molecule has 85 valence electrons. The van der Waals surface area contributed by atoms with Crippen molar-refractivity contribution in [2.45, 2.75) is 26.7 Å². The highest BCUT2D eigenvalue weighted by molar-refractivity contribution is 5.94. The number of hydrogen-bond donors (Lipinski definition) is 0. The lowest BCUT2D eigenvalue weighted by atomic mass is 9.98. The molecule has 1 aliphatic heterocycles. The van der Waals surface area contributed by atoms with E-state index in [1.807, 2.05) is 30.0 Å². The van der Waals surface area contributed by atoms with E-state index in [4.69, 9.17) is 0 Å². The molecule has 0 N–H and O–H groups in total. The SMILES string of the molecule is Cc1cc[c]c(C(=O)N2CCC(C)CC2)c1. The molecule has 1 aromatic rings. The summed E-state index contributed by atoms with van der Waals surface area (Å²) in [6, 6.07) is 8.74. The summed E-state index contributed by atoms with van der Waals surface area (Å²) in [5, 5.41) is 0. The Labute approximate surface area is 97.3 Å². The predicted molar refractivity (Wildman–Crippen MR) is 64.3 cm³/mol. The molecular formula is C14H18NO. The molecule has 1 fully saturated rings. The van der Waals surface area contributed by atoms with Gasteiger partial charge in [-0.15, -0.1) is 0 Å². The highest BCUT2D eigenvalue weighted by Crippen LogP contribution is 2.18. The Kier molecular flexibility index (Phi) is 3.28. The second kappa shape index (κ2) is 4.69. The summed E-state index contributed by atoms with van der Waals surface area (Å²) in [5.74, 6) is 0.890. The summed E-state index contributed by atoms with van der Waals surface area (Å²) in [6.45, 7) is 6.03. The van der Waals surface area contributed by atoms with Crippen LogP contribution in [0.25, 0.3) is 0 Å². The van der Waals surface area contributed by atoms with Crippen molar-refractivity contribution in [3.8, 4) is 0 Å². The molecule has 1 amide bonds. The summed E-state index contributed by atoms with van der Waals surface area (Å²) in [5.41, 5.74) is 1.82. The molecule has 2 heteroatoms. The average molecular weight is 216 g/mol. The van der Waals surface area contributed by atoms with E-state index in [1.165, 1.54) is 0 Å². The van der Waals surface area contributed by atoms with Gasteiger partial charge in [0, 0.05) is 18.7 Å². The van der Waals surface area contributed by atoms with Gasteiger partial charge in [-0.3, -0.25) is 4.79 Å². The molecule has 1 radical (unpaired) electrons. The van der Waals surface area contributed by atoms with Crippen LogP contribution in [0.5, 0.6) is 0 Å². The third kappa shape index (κ3) is 2.43. The highest BCUT2D eigenvalue weighted by Gasteiger charge is 2.21. The molecular weight excluding hydrogens is 198 g/mol. The minimum Gasteiger partial charge on any atom is -0.339 e. The van der Waals surface area contributed by atoms with Gasteiger partial charge in [0.05, 0.1) is 0 Å². The summed E-state index contributed by atoms with van der Waals surface area (Å²) in [7, 11) is 0. The van der Waals surface area contributed by atoms with Gasteiger partial charge in [-0.2, -0.15) is 0 Å². The maximum Gasteiger partial charge on any atom is 0.254 e. The zero-order chi connectivity index (χ0) is 11.5. The van der Waals surface area contributed by atoms with Gasteiger partial charge in [0.1, 0.15) is 0 Å². The summed E-state index contributed by atoms with van der Waals surface area (Å²) in [4.78, 5) is 14.1. The molecule has 16 heavy (non-hydrogen) atoms. The molecule has 2 nitrogen and oxygen atoms in total. The van der Waals surface area contributed by atoms with Crippen LogP contribution >= 0.6 is 0 Å². The zero-order valence-electron chi connectivity index (χ0n) is 9.99. The smallest absolute Gasteiger partial charge is 0.254 e. The molecule has 2 rings (SSSR count). The molecule has 1 saturated heterocycles. The van der Waals surface area contributed by atoms with Crippen LogP contribution in [0.1, 0.15) is 35.7 Å². The molecule has 0 aliphatic carbocycles. The molecule has 1 aliphatic rings. The zero-order valence-corrected chi connectivity index (χ0v) is 9.99. The number of carbonyl (C=O) groups is 1. The fraction of sp³-hybridized carbons (Fsp3) is 0.500. The van der Waals surface area contributed by atoms with Crippen LogP contribution in [0, 0.1) is 18.9 Å². The largest absolute Gasteiger partial charge is 0.339 e. The van der Waals surface area contributed by atoms with Crippen LogP contribution in [-0.4, -0.2) is 23.9 Å². The monoisotopic (exact) mass is 216 g/mol. The maximum absolute atomic E-state index is 12.2. The van der Waals surface area contributed by atoms with E-state index in [0.717, 1.165) is 37.4 Å². The molecule has 0 bridgehead atoms. The van der Waals surface area contributed by atoms with Crippen LogP contribution in [0.2, 0.25) is 0 Å². The van der Waals surface area contributed by atoms with E-state index >= 15 is 0 Å². The van der Waals surface area contributed by atoms with Crippen LogP contribution in [-0.2, 0) is 0 Å². The normalized spacial score (nSPS) is 17.5. The lowest BCUT2D eigenvalue weighted by Gasteiger charge is -2.30. The number of aryl methyl sites for hydroxylation is 1. The van der Waals surface area contributed by atoms with E-state index in [0.29, 0.717) is 5.56 Å². The van der Waals surface area contributed by atoms with Crippen molar-refractivity contribution in [1.82, 2.24) is 4.90 Å². The van der Waals surface area contributed by atoms with Crippen molar-refractivity contribution in [1.29, 1.82) is 0 Å². The van der Waals surface area contributed by atoms with Gasteiger partial charge in [-0.05, 0) is 37.8 Å². The van der Waals surface area contributed by atoms with Crippen molar-refractivity contribution in [3.63, 3.8) is 0 Å². The number of rotatable bonds is 1. The number of benzene rings is 1. The van der Waals surface area contributed by atoms with Gasteiger partial charge >= 0.3 is 0 Å². The van der Waals surface area contributed by atoms with Crippen molar-refractivity contribution in [2.75, 3.05) is 13.1 Å². The first-order chi connectivity index (χ1) is 7.66. The first kappa shape index (κ1) is 11.2.